The van der Waals surface area contributed by atoms with Crippen LogP contribution < -0.4 is 14.2 Å². The Kier molecular flexibility index (Phi) is 13.0. The maximum absolute atomic E-state index is 14.9. The Balaban J connectivity index is 1.21. The van der Waals surface area contributed by atoms with Crippen LogP contribution in [-0.2, 0) is 32.0 Å². The highest BCUT2D eigenvalue weighted by molar-refractivity contribution is 7.90. The maximum Gasteiger partial charge on any atom is 0.425 e. The summed E-state index contributed by atoms with van der Waals surface area (Å²) in [6.07, 6.45) is -5.05. The van der Waals surface area contributed by atoms with Gasteiger partial charge in [-0.2, -0.15) is 26.3 Å². The highest BCUT2D eigenvalue weighted by Crippen LogP contribution is 2.44. The summed E-state index contributed by atoms with van der Waals surface area (Å²) in [5, 5.41) is 0.620. The minimum Gasteiger partial charge on any atom is -0.493 e. The van der Waals surface area contributed by atoms with Crippen LogP contribution in [0.15, 0.2) is 54.2 Å². The number of pyridine rings is 1. The van der Waals surface area contributed by atoms with Crippen molar-refractivity contribution < 1.29 is 58.6 Å². The smallest absolute Gasteiger partial charge is 0.425 e. The summed E-state index contributed by atoms with van der Waals surface area (Å²) >= 11 is 0.382. The van der Waals surface area contributed by atoms with Crippen molar-refractivity contribution in [2.75, 3.05) is 26.2 Å². The number of hydrogen-bond acceptors (Lipinski definition) is 9. The molecule has 4 heterocycles. The third-order valence-corrected chi connectivity index (χ3v) is 13.5. The van der Waals surface area contributed by atoms with Gasteiger partial charge in [-0.05, 0) is 68.6 Å². The second-order valence-electron chi connectivity index (χ2n) is 14.8. The normalized spacial score (nSPS) is 20.8. The minimum absolute atomic E-state index is 0.00220. The Hall–Kier alpha value is -4.39. The van der Waals surface area contributed by atoms with E-state index in [0.29, 0.717) is 55.3 Å². The fraction of sp³-hybridized carbons (Fsp3) is 0.538. The number of benzene rings is 1. The van der Waals surface area contributed by atoms with E-state index in [4.69, 9.17) is 9.47 Å². The lowest BCUT2D eigenvalue weighted by molar-refractivity contribution is -0.160. The number of nitrogens with zero attached hydrogens (tertiary/aromatic N) is 3. The number of rotatable bonds is 14. The molecule has 2 aromatic heterocycles. The first-order valence-corrected chi connectivity index (χ1v) is 21.6. The van der Waals surface area contributed by atoms with Crippen molar-refractivity contribution in [2.24, 2.45) is 0 Å². The van der Waals surface area contributed by atoms with Gasteiger partial charge >= 0.3 is 12.4 Å². The summed E-state index contributed by atoms with van der Waals surface area (Å²) in [7, 11) is -3.64. The monoisotopic (exact) mass is 858 g/mol. The molecule has 1 unspecified atom stereocenters. The van der Waals surface area contributed by atoms with Gasteiger partial charge in [-0.15, -0.1) is 11.3 Å². The Morgan fingerprint density at radius 3 is 2.38 bits per heavy atom. The maximum atomic E-state index is 14.9. The Morgan fingerprint density at radius 1 is 1.00 bits per heavy atom. The summed E-state index contributed by atoms with van der Waals surface area (Å²) in [5.74, 6) is -1.94. The average molecular weight is 859 g/mol. The van der Waals surface area contributed by atoms with Crippen molar-refractivity contribution in [3.8, 4) is 11.5 Å². The van der Waals surface area contributed by atoms with E-state index < -0.39 is 73.0 Å². The van der Waals surface area contributed by atoms with E-state index >= 15 is 0 Å². The van der Waals surface area contributed by atoms with E-state index in [1.807, 2.05) is 12.1 Å². The van der Waals surface area contributed by atoms with Gasteiger partial charge in [-0.1, -0.05) is 31.5 Å². The standard InChI is InChI=1S/C39H44F6N4O7S2/c1-2-7-32-37(56-26-22-33(57-24-26)39(43,44)45,16-6-18-49(32)35(51)29-23-46-17-13-30(29)38(40,41)42)36(52)48-19-14-25(15-20-48)28-8-3-4-9-31(28)55-21-5-10-34(50)47-58(53,54)27-11-12-27/h3-4,8-9,13,17,22-25,27,32H,2,5-7,10-12,14-16,18-21H2,1H3,(H,47,50)/t32?,37-/m0/s1. The molecule has 0 spiro atoms. The molecule has 1 aliphatic carbocycles. The number of aromatic nitrogens is 1. The molecule has 3 fully saturated rings. The van der Waals surface area contributed by atoms with Gasteiger partial charge in [-0.25, -0.2) is 8.42 Å². The van der Waals surface area contributed by atoms with E-state index in [1.165, 1.54) is 4.90 Å². The highest BCUT2D eigenvalue weighted by atomic mass is 32.2. The predicted octanol–water partition coefficient (Wildman–Crippen LogP) is 7.58. The third-order valence-electron chi connectivity index (χ3n) is 10.7. The topological polar surface area (TPSA) is 135 Å². The summed E-state index contributed by atoms with van der Waals surface area (Å²) < 4.78 is 122. The van der Waals surface area contributed by atoms with Crippen molar-refractivity contribution >= 4 is 39.1 Å². The molecule has 2 saturated heterocycles. The van der Waals surface area contributed by atoms with Crippen LogP contribution in [0.2, 0.25) is 0 Å². The van der Waals surface area contributed by atoms with E-state index in [2.05, 4.69) is 9.71 Å². The number of likely N-dealkylation sites (tertiary alicyclic amines) is 2. The number of para-hydroxylation sites is 1. The molecular formula is C39H44F6N4O7S2. The number of nitrogens with one attached hydrogen (secondary N) is 1. The Morgan fingerprint density at radius 2 is 1.72 bits per heavy atom. The van der Waals surface area contributed by atoms with E-state index in [0.717, 1.165) is 29.4 Å². The molecule has 58 heavy (non-hydrogen) atoms. The molecule has 0 radical (unpaired) electrons. The van der Waals surface area contributed by atoms with Gasteiger partial charge in [0.2, 0.25) is 21.5 Å². The average Bonchev–Trinajstić information content (AvgIpc) is 3.95. The Labute approximate surface area is 336 Å². The summed E-state index contributed by atoms with van der Waals surface area (Å²) in [6, 6.07) is 7.64. The molecule has 6 rings (SSSR count). The van der Waals surface area contributed by atoms with Crippen molar-refractivity contribution in [1.29, 1.82) is 0 Å². The molecule has 3 aromatic rings. The van der Waals surface area contributed by atoms with Crippen LogP contribution in [0.25, 0.3) is 0 Å². The number of carbonyl (C=O) groups is 3. The van der Waals surface area contributed by atoms with Crippen LogP contribution in [-0.4, -0.2) is 84.1 Å². The molecule has 3 amide bonds. The van der Waals surface area contributed by atoms with Crippen molar-refractivity contribution in [2.45, 2.75) is 106 Å². The molecule has 11 nitrogen and oxygen atoms in total. The molecule has 0 bridgehead atoms. The van der Waals surface area contributed by atoms with Gasteiger partial charge < -0.3 is 19.3 Å². The van der Waals surface area contributed by atoms with Crippen LogP contribution in [0.1, 0.15) is 103 Å². The first-order chi connectivity index (χ1) is 27.4. The summed E-state index contributed by atoms with van der Waals surface area (Å²) in [5.41, 5.74) is -2.97. The van der Waals surface area contributed by atoms with E-state index in [9.17, 15) is 49.1 Å². The van der Waals surface area contributed by atoms with Gasteiger partial charge in [0.05, 0.1) is 29.0 Å². The molecule has 1 aromatic carbocycles. The lowest BCUT2D eigenvalue weighted by atomic mass is 9.79. The fourth-order valence-electron chi connectivity index (χ4n) is 7.80. The first kappa shape index (κ1) is 43.2. The zero-order chi connectivity index (χ0) is 41.9. The molecule has 1 N–H and O–H groups in total. The lowest BCUT2D eigenvalue weighted by Crippen LogP contribution is -2.68. The molecule has 3 aliphatic rings. The van der Waals surface area contributed by atoms with E-state index in [-0.39, 0.29) is 70.0 Å². The molecule has 2 aliphatic heterocycles. The second-order valence-corrected chi connectivity index (χ2v) is 17.7. The SMILES string of the molecule is CCCC1N(C(=O)c2cnccc2C(F)(F)F)CCC[C@@]1(Oc1csc(C(F)(F)F)c1)C(=O)N1CCC(c2ccccc2OCCCC(=O)NS(=O)(=O)C2CC2)CC1. The number of alkyl halides is 6. The molecule has 19 heteroatoms. The number of halogens is 6. The Bertz CT molecular complexity index is 2070. The number of piperidine rings is 2. The van der Waals surface area contributed by atoms with Gasteiger partial charge in [0.25, 0.3) is 11.8 Å². The summed E-state index contributed by atoms with van der Waals surface area (Å²) in [6.45, 7) is 2.28. The highest BCUT2D eigenvalue weighted by Gasteiger charge is 2.56. The van der Waals surface area contributed by atoms with Gasteiger partial charge in [0.15, 0.2) is 0 Å². The van der Waals surface area contributed by atoms with Gasteiger partial charge in [0.1, 0.15) is 16.4 Å². The third kappa shape index (κ3) is 9.72. The number of sulfonamides is 1. The van der Waals surface area contributed by atoms with Crippen molar-refractivity contribution in [3.63, 3.8) is 0 Å². The van der Waals surface area contributed by atoms with Crippen LogP contribution in [0.5, 0.6) is 11.5 Å². The molecule has 1 saturated carbocycles. The minimum atomic E-state index is -4.89. The second kappa shape index (κ2) is 17.5. The quantitative estimate of drug-likeness (QED) is 0.130. The van der Waals surface area contributed by atoms with Gasteiger partial charge in [0, 0.05) is 56.3 Å². The number of amides is 3. The zero-order valence-electron chi connectivity index (χ0n) is 31.6. The van der Waals surface area contributed by atoms with Crippen LogP contribution >= 0.6 is 11.3 Å². The number of ether oxygens (including phenoxy) is 2. The zero-order valence-corrected chi connectivity index (χ0v) is 33.2. The largest absolute Gasteiger partial charge is 0.493 e. The van der Waals surface area contributed by atoms with Crippen LogP contribution in [0, 0.1) is 0 Å². The van der Waals surface area contributed by atoms with Crippen LogP contribution in [0.4, 0.5) is 26.3 Å². The lowest BCUT2D eigenvalue weighted by Gasteiger charge is -2.50. The molecular weight excluding hydrogens is 815 g/mol. The van der Waals surface area contributed by atoms with Crippen molar-refractivity contribution in [3.05, 3.63) is 75.7 Å². The van der Waals surface area contributed by atoms with Crippen molar-refractivity contribution in [1.82, 2.24) is 19.5 Å². The number of thiophene rings is 1. The predicted molar refractivity (Wildman–Crippen MR) is 201 cm³/mol. The van der Waals surface area contributed by atoms with Crippen LogP contribution in [0.3, 0.4) is 0 Å². The van der Waals surface area contributed by atoms with Gasteiger partial charge in [-0.3, -0.25) is 24.1 Å². The molecule has 316 valence electrons. The first-order valence-electron chi connectivity index (χ1n) is 19.2. The molecule has 2 atom stereocenters. The fourth-order valence-corrected chi connectivity index (χ4v) is 9.82. The summed E-state index contributed by atoms with van der Waals surface area (Å²) in [4.78, 5) is 46.7. The van der Waals surface area contributed by atoms with E-state index in [1.54, 1.807) is 24.0 Å². The number of carbonyl (C=O) groups excluding carboxylic acids is 3. The number of hydrogen-bond donors (Lipinski definition) is 1.